The van der Waals surface area contributed by atoms with Gasteiger partial charge in [0.15, 0.2) is 5.82 Å². The first-order valence-electron chi connectivity index (χ1n) is 8.42. The van der Waals surface area contributed by atoms with Crippen LogP contribution in [-0.2, 0) is 17.8 Å². The number of carbonyl (C=O) groups is 1. The summed E-state index contributed by atoms with van der Waals surface area (Å²) in [5.41, 5.74) is 2.20. The number of rotatable bonds is 5. The smallest absolute Gasteiger partial charge is 0.255 e. The van der Waals surface area contributed by atoms with Crippen molar-refractivity contribution in [2.75, 3.05) is 6.61 Å². The van der Waals surface area contributed by atoms with E-state index in [1.54, 1.807) is 23.3 Å². The van der Waals surface area contributed by atoms with Gasteiger partial charge in [-0.15, -0.1) is 0 Å². The lowest BCUT2D eigenvalue weighted by molar-refractivity contribution is 0.00940. The van der Waals surface area contributed by atoms with Gasteiger partial charge >= 0.3 is 0 Å². The molecular weight excluding hydrogens is 306 g/mol. The zero-order valence-corrected chi connectivity index (χ0v) is 14.2. The fourth-order valence-electron chi connectivity index (χ4n) is 2.75. The number of ether oxygens (including phenoxy) is 1. The fourth-order valence-corrected chi connectivity index (χ4v) is 2.75. The maximum Gasteiger partial charge on any atom is 0.255 e. The maximum absolute atomic E-state index is 12.3. The van der Waals surface area contributed by atoms with Crippen LogP contribution in [0.2, 0.25) is 0 Å². The highest BCUT2D eigenvalue weighted by atomic mass is 16.5. The van der Waals surface area contributed by atoms with Gasteiger partial charge < -0.3 is 10.1 Å². The van der Waals surface area contributed by atoms with E-state index in [2.05, 4.69) is 20.4 Å². The van der Waals surface area contributed by atoms with E-state index < -0.39 is 0 Å². The summed E-state index contributed by atoms with van der Waals surface area (Å²) in [5, 5.41) is 7.17. The molecule has 2 aromatic rings. The van der Waals surface area contributed by atoms with E-state index in [0.717, 1.165) is 49.5 Å². The lowest BCUT2D eigenvalue weighted by atomic mass is 10.1. The molecule has 3 rings (SSSR count). The third kappa shape index (κ3) is 3.79. The third-order valence-corrected chi connectivity index (χ3v) is 4.16. The second-order valence-electron chi connectivity index (χ2n) is 5.97. The van der Waals surface area contributed by atoms with Crippen molar-refractivity contribution in [1.82, 2.24) is 25.1 Å². The van der Waals surface area contributed by atoms with Crippen molar-refractivity contribution >= 4 is 5.91 Å². The number of hydrogen-bond acceptors (Lipinski definition) is 5. The predicted molar refractivity (Wildman–Crippen MR) is 88.4 cm³/mol. The molecule has 0 spiro atoms. The summed E-state index contributed by atoms with van der Waals surface area (Å²) in [4.78, 5) is 21.0. The van der Waals surface area contributed by atoms with E-state index in [0.29, 0.717) is 12.1 Å². The van der Waals surface area contributed by atoms with Gasteiger partial charge in [-0.1, -0.05) is 0 Å². The molecule has 1 atom stereocenters. The second kappa shape index (κ2) is 7.53. The molecule has 128 valence electrons. The van der Waals surface area contributed by atoms with Crippen molar-refractivity contribution in [2.24, 2.45) is 0 Å². The van der Waals surface area contributed by atoms with Crippen LogP contribution in [0.4, 0.5) is 0 Å². The minimum Gasteiger partial charge on any atom is -0.370 e. The monoisotopic (exact) mass is 329 g/mol. The summed E-state index contributed by atoms with van der Waals surface area (Å²) >= 11 is 0. The number of amides is 1. The lowest BCUT2D eigenvalue weighted by Crippen LogP contribution is -2.23. The zero-order valence-electron chi connectivity index (χ0n) is 14.2. The third-order valence-electron chi connectivity index (χ3n) is 4.16. The van der Waals surface area contributed by atoms with Crippen LogP contribution in [0.3, 0.4) is 0 Å². The molecular formula is C17H23N5O2. The quantitative estimate of drug-likeness (QED) is 0.909. The molecule has 24 heavy (non-hydrogen) atoms. The Hall–Kier alpha value is -2.28. The van der Waals surface area contributed by atoms with Crippen LogP contribution < -0.4 is 5.32 Å². The number of nitrogens with zero attached hydrogens (tertiary/aromatic N) is 4. The minimum atomic E-state index is -0.133. The molecule has 7 nitrogen and oxygen atoms in total. The molecule has 1 N–H and O–H groups in total. The molecule has 0 aromatic carbocycles. The summed E-state index contributed by atoms with van der Waals surface area (Å²) < 4.78 is 7.44. The second-order valence-corrected chi connectivity index (χ2v) is 5.97. The van der Waals surface area contributed by atoms with Gasteiger partial charge in [0, 0.05) is 43.9 Å². The van der Waals surface area contributed by atoms with E-state index in [1.807, 2.05) is 13.8 Å². The van der Waals surface area contributed by atoms with Crippen molar-refractivity contribution < 1.29 is 9.53 Å². The molecule has 2 aromatic heterocycles. The van der Waals surface area contributed by atoms with Crippen LogP contribution in [0.15, 0.2) is 18.6 Å². The van der Waals surface area contributed by atoms with Gasteiger partial charge in [-0.3, -0.25) is 9.48 Å². The van der Waals surface area contributed by atoms with Gasteiger partial charge in [0.25, 0.3) is 5.91 Å². The zero-order chi connectivity index (χ0) is 16.9. The molecule has 1 saturated heterocycles. The van der Waals surface area contributed by atoms with Crippen LogP contribution in [0.25, 0.3) is 0 Å². The van der Waals surface area contributed by atoms with Crippen LogP contribution in [0, 0.1) is 6.92 Å². The van der Waals surface area contributed by atoms with Crippen molar-refractivity contribution in [1.29, 1.82) is 0 Å². The molecule has 1 aliphatic heterocycles. The Kier molecular flexibility index (Phi) is 5.20. The summed E-state index contributed by atoms with van der Waals surface area (Å²) in [6.45, 7) is 5.73. The topological polar surface area (TPSA) is 81.9 Å². The first-order valence-corrected chi connectivity index (χ1v) is 8.42. The highest BCUT2D eigenvalue weighted by Gasteiger charge is 2.18. The van der Waals surface area contributed by atoms with Gasteiger partial charge in [-0.05, 0) is 33.1 Å². The number of aromatic nitrogens is 4. The molecule has 0 saturated carbocycles. The van der Waals surface area contributed by atoms with Gasteiger partial charge in [0.1, 0.15) is 6.10 Å². The van der Waals surface area contributed by atoms with E-state index >= 15 is 0 Å². The van der Waals surface area contributed by atoms with E-state index in [4.69, 9.17) is 4.74 Å². The van der Waals surface area contributed by atoms with Gasteiger partial charge in [-0.25, -0.2) is 9.97 Å². The molecule has 1 aliphatic rings. The van der Waals surface area contributed by atoms with Crippen LogP contribution in [0.1, 0.15) is 59.7 Å². The number of nitrogens with one attached hydrogen (secondary N) is 1. The molecule has 1 fully saturated rings. The lowest BCUT2D eigenvalue weighted by Gasteiger charge is -2.21. The van der Waals surface area contributed by atoms with E-state index in [9.17, 15) is 4.79 Å². The summed E-state index contributed by atoms with van der Waals surface area (Å²) in [5.74, 6) is 0.594. The number of hydrogen-bond donors (Lipinski definition) is 1. The van der Waals surface area contributed by atoms with Crippen LogP contribution in [0.5, 0.6) is 0 Å². The first-order chi connectivity index (χ1) is 11.7. The predicted octanol–water partition coefficient (Wildman–Crippen LogP) is 2.17. The van der Waals surface area contributed by atoms with Crippen molar-refractivity contribution in [3.8, 4) is 0 Å². The van der Waals surface area contributed by atoms with Gasteiger partial charge in [0.05, 0.1) is 11.3 Å². The van der Waals surface area contributed by atoms with Crippen molar-refractivity contribution in [3.63, 3.8) is 0 Å². The molecule has 0 aliphatic carbocycles. The summed E-state index contributed by atoms with van der Waals surface area (Å²) in [7, 11) is 0. The number of aryl methyl sites for hydroxylation is 2. The van der Waals surface area contributed by atoms with Crippen molar-refractivity contribution in [3.05, 3.63) is 41.2 Å². The molecule has 0 bridgehead atoms. The normalized spacial score (nSPS) is 17.7. The molecule has 0 radical (unpaired) electrons. The van der Waals surface area contributed by atoms with Gasteiger partial charge in [0.2, 0.25) is 0 Å². The molecule has 0 unspecified atom stereocenters. The SMILES string of the molecule is CCn1cc(C(=O)NCc2cnc([C@@H]3CCCCO3)nc2)c(C)n1. The highest BCUT2D eigenvalue weighted by molar-refractivity contribution is 5.94. The fraction of sp³-hybridized carbons (Fsp3) is 0.529. The average Bonchev–Trinajstić information content (AvgIpc) is 3.02. The Balaban J connectivity index is 1.57. The van der Waals surface area contributed by atoms with E-state index in [1.165, 1.54) is 0 Å². The number of carbonyl (C=O) groups excluding carboxylic acids is 1. The maximum atomic E-state index is 12.3. The summed E-state index contributed by atoms with van der Waals surface area (Å²) in [6.07, 6.45) is 8.50. The Labute approximate surface area is 141 Å². The van der Waals surface area contributed by atoms with E-state index in [-0.39, 0.29) is 12.0 Å². The van der Waals surface area contributed by atoms with Crippen LogP contribution in [-0.4, -0.2) is 32.3 Å². The minimum absolute atomic E-state index is 0.00456. The molecule has 7 heteroatoms. The standard InChI is InChI=1S/C17H23N5O2/c1-3-22-11-14(12(2)21-22)17(23)20-10-13-8-18-16(19-9-13)15-6-4-5-7-24-15/h8-9,11,15H,3-7,10H2,1-2H3,(H,20,23)/t15-/m0/s1. The Morgan fingerprint density at radius 1 is 1.38 bits per heavy atom. The van der Waals surface area contributed by atoms with Crippen molar-refractivity contribution in [2.45, 2.75) is 52.3 Å². The first kappa shape index (κ1) is 16.6. The Bertz CT molecular complexity index is 690. The Morgan fingerprint density at radius 3 is 2.79 bits per heavy atom. The molecule has 1 amide bonds. The molecule has 3 heterocycles. The summed E-state index contributed by atoms with van der Waals surface area (Å²) in [6, 6.07) is 0. The van der Waals surface area contributed by atoms with Gasteiger partial charge in [-0.2, -0.15) is 5.10 Å². The van der Waals surface area contributed by atoms with Crippen LogP contribution >= 0.6 is 0 Å². The Morgan fingerprint density at radius 2 is 2.17 bits per heavy atom. The average molecular weight is 329 g/mol. The largest absolute Gasteiger partial charge is 0.370 e. The highest BCUT2D eigenvalue weighted by Crippen LogP contribution is 2.24.